The van der Waals surface area contributed by atoms with Gasteiger partial charge in [-0.3, -0.25) is 14.8 Å². The van der Waals surface area contributed by atoms with E-state index in [0.29, 0.717) is 22.4 Å². The normalized spacial score (nSPS) is 10.8. The van der Waals surface area contributed by atoms with E-state index in [1.54, 1.807) is 36.4 Å². The summed E-state index contributed by atoms with van der Waals surface area (Å²) in [4.78, 5) is 22.9. The number of rotatable bonds is 6. The number of hydrogen-bond acceptors (Lipinski definition) is 6. The first kappa shape index (κ1) is 18.7. The number of phenols is 1. The number of carbonyl (C=O) groups excluding carboxylic acids is 2. The molecule has 0 unspecified atom stereocenters. The number of hydrogen-bond donors (Lipinski definition) is 4. The molecule has 2 aromatic carbocycles. The summed E-state index contributed by atoms with van der Waals surface area (Å²) in [5, 5.41) is 22.0. The molecule has 0 spiro atoms. The van der Waals surface area contributed by atoms with Gasteiger partial charge in [0.2, 0.25) is 0 Å². The van der Waals surface area contributed by atoms with E-state index in [-0.39, 0.29) is 5.75 Å². The molecule has 2 aromatic rings. The molecule has 0 fully saturated rings. The van der Waals surface area contributed by atoms with Crippen molar-refractivity contribution >= 4 is 24.1 Å². The minimum atomic E-state index is -0.650. The van der Waals surface area contributed by atoms with Crippen LogP contribution in [0.3, 0.4) is 0 Å². The zero-order valence-electron chi connectivity index (χ0n) is 13.8. The van der Waals surface area contributed by atoms with Gasteiger partial charge in [0.15, 0.2) is 0 Å². The molecule has 2 rings (SSSR count). The van der Waals surface area contributed by atoms with Crippen molar-refractivity contribution in [2.45, 2.75) is 0 Å². The quantitative estimate of drug-likeness (QED) is 0.272. The number of nitrogens with zero attached hydrogens (tertiary/aromatic N) is 1. The van der Waals surface area contributed by atoms with Crippen LogP contribution in [0.5, 0.6) is 11.5 Å². The number of methoxy groups -OCH3 is 1. The molecule has 0 aromatic heterocycles. The van der Waals surface area contributed by atoms with Crippen molar-refractivity contribution in [1.82, 2.24) is 10.9 Å². The van der Waals surface area contributed by atoms with Gasteiger partial charge in [-0.05, 0) is 35.9 Å². The lowest BCUT2D eigenvalue weighted by Gasteiger charge is -2.03. The first-order valence-corrected chi connectivity index (χ1v) is 7.46. The molecule has 0 heterocycles. The number of nitrogens with one attached hydrogen (secondary N) is 2. The van der Waals surface area contributed by atoms with Crippen LogP contribution < -0.4 is 15.6 Å². The summed E-state index contributed by atoms with van der Waals surface area (Å²) in [5.74, 6) is -0.597. The molecule has 0 saturated heterocycles. The monoisotopic (exact) mass is 355 g/mol. The lowest BCUT2D eigenvalue weighted by Crippen LogP contribution is -2.17. The predicted molar refractivity (Wildman–Crippen MR) is 95.1 cm³/mol. The molecule has 4 N–H and O–H groups in total. The fourth-order valence-corrected chi connectivity index (χ4v) is 1.94. The fraction of sp³-hybridized carbons (Fsp3) is 0.0556. The van der Waals surface area contributed by atoms with E-state index in [1.165, 1.54) is 30.9 Å². The molecule has 0 aliphatic heterocycles. The van der Waals surface area contributed by atoms with Gasteiger partial charge in [0.25, 0.3) is 11.8 Å². The Morgan fingerprint density at radius 3 is 2.50 bits per heavy atom. The fourth-order valence-electron chi connectivity index (χ4n) is 1.94. The average Bonchev–Trinajstić information content (AvgIpc) is 2.67. The van der Waals surface area contributed by atoms with E-state index >= 15 is 0 Å². The van der Waals surface area contributed by atoms with Gasteiger partial charge in [-0.15, -0.1) is 0 Å². The maximum Gasteiger partial charge on any atom is 0.271 e. The van der Waals surface area contributed by atoms with Crippen LogP contribution in [0.15, 0.2) is 53.6 Å². The number of aromatic hydroxyl groups is 1. The maximum atomic E-state index is 12.0. The predicted octanol–water partition coefficient (Wildman–Crippen LogP) is 1.68. The van der Waals surface area contributed by atoms with Gasteiger partial charge < -0.3 is 9.84 Å². The Morgan fingerprint density at radius 2 is 1.88 bits per heavy atom. The summed E-state index contributed by atoms with van der Waals surface area (Å²) in [6, 6.07) is 11.1. The zero-order chi connectivity index (χ0) is 18.9. The number of phenolic OH excluding ortho intramolecular Hbond substituents is 1. The van der Waals surface area contributed by atoms with E-state index in [2.05, 4.69) is 10.5 Å². The van der Waals surface area contributed by atoms with Gasteiger partial charge in [0, 0.05) is 23.3 Å². The smallest absolute Gasteiger partial charge is 0.271 e. The van der Waals surface area contributed by atoms with E-state index in [4.69, 9.17) is 9.94 Å². The Hall–Kier alpha value is -3.65. The summed E-state index contributed by atoms with van der Waals surface area (Å²) in [5.41, 5.74) is 5.30. The number of carbonyl (C=O) groups is 2. The van der Waals surface area contributed by atoms with Crippen LogP contribution >= 0.6 is 0 Å². The third-order valence-corrected chi connectivity index (χ3v) is 3.32. The highest BCUT2D eigenvalue weighted by molar-refractivity contribution is 5.95. The Labute approximate surface area is 149 Å². The van der Waals surface area contributed by atoms with Crippen LogP contribution in [0, 0.1) is 0 Å². The second-order valence-electron chi connectivity index (χ2n) is 5.06. The standard InChI is InChI=1S/C18H17N3O5/c1-26-15-8-7-14(16(22)10-15)11-19-20-18(24)13-5-2-12(3-6-13)4-9-17(23)21-25/h2-11,22,25H,1H3,(H,20,24)(H,21,23)/b9-4+,19-11+. The first-order chi connectivity index (χ1) is 12.5. The molecule has 26 heavy (non-hydrogen) atoms. The van der Waals surface area contributed by atoms with Crippen LogP contribution in [0.2, 0.25) is 0 Å². The number of hydrazone groups is 1. The molecule has 8 heteroatoms. The minimum Gasteiger partial charge on any atom is -0.507 e. The lowest BCUT2D eigenvalue weighted by molar-refractivity contribution is -0.124. The SMILES string of the molecule is COc1ccc(/C=N/NC(=O)c2ccc(/C=C/C(=O)NO)cc2)c(O)c1. The third kappa shape index (κ3) is 5.18. The molecule has 0 bridgehead atoms. The van der Waals surface area contributed by atoms with Crippen LogP contribution in [0.1, 0.15) is 21.5 Å². The molecular formula is C18H17N3O5. The molecule has 0 aliphatic rings. The molecule has 0 aliphatic carbocycles. The Balaban J connectivity index is 1.97. The molecule has 2 amide bonds. The van der Waals surface area contributed by atoms with Gasteiger partial charge in [-0.25, -0.2) is 10.9 Å². The largest absolute Gasteiger partial charge is 0.507 e. The van der Waals surface area contributed by atoms with E-state index < -0.39 is 11.8 Å². The van der Waals surface area contributed by atoms with Crippen molar-refractivity contribution in [2.24, 2.45) is 5.10 Å². The molecule has 0 atom stereocenters. The molecular weight excluding hydrogens is 338 g/mol. The molecule has 0 radical (unpaired) electrons. The Morgan fingerprint density at radius 1 is 1.15 bits per heavy atom. The number of hydroxylamine groups is 1. The summed E-state index contributed by atoms with van der Waals surface area (Å²) in [6.45, 7) is 0. The number of ether oxygens (including phenoxy) is 1. The molecule has 134 valence electrons. The van der Waals surface area contributed by atoms with E-state index in [1.807, 2.05) is 0 Å². The lowest BCUT2D eigenvalue weighted by atomic mass is 10.1. The summed E-state index contributed by atoms with van der Waals surface area (Å²) in [7, 11) is 1.49. The third-order valence-electron chi connectivity index (χ3n) is 3.32. The van der Waals surface area contributed by atoms with Gasteiger partial charge in [-0.2, -0.15) is 5.10 Å². The first-order valence-electron chi connectivity index (χ1n) is 7.46. The minimum absolute atomic E-state index is 0.0228. The van der Waals surface area contributed by atoms with Crippen LogP contribution in [0.25, 0.3) is 6.08 Å². The Kier molecular flexibility index (Phi) is 6.47. The van der Waals surface area contributed by atoms with Crippen LogP contribution in [0.4, 0.5) is 0 Å². The maximum absolute atomic E-state index is 12.0. The zero-order valence-corrected chi connectivity index (χ0v) is 13.8. The summed E-state index contributed by atoms with van der Waals surface area (Å²) < 4.78 is 4.98. The highest BCUT2D eigenvalue weighted by atomic mass is 16.5. The summed E-state index contributed by atoms with van der Waals surface area (Å²) in [6.07, 6.45) is 3.95. The van der Waals surface area contributed by atoms with E-state index in [0.717, 1.165) is 6.08 Å². The van der Waals surface area contributed by atoms with Crippen molar-refractivity contribution in [2.75, 3.05) is 7.11 Å². The van der Waals surface area contributed by atoms with Crippen molar-refractivity contribution in [3.8, 4) is 11.5 Å². The highest BCUT2D eigenvalue weighted by Gasteiger charge is 2.04. The second-order valence-corrected chi connectivity index (χ2v) is 5.06. The molecule has 8 nitrogen and oxygen atoms in total. The van der Waals surface area contributed by atoms with Crippen molar-refractivity contribution in [1.29, 1.82) is 0 Å². The summed E-state index contributed by atoms with van der Waals surface area (Å²) >= 11 is 0. The Bertz CT molecular complexity index is 844. The second kappa shape index (κ2) is 9.00. The number of benzene rings is 2. The van der Waals surface area contributed by atoms with Crippen molar-refractivity contribution in [3.63, 3.8) is 0 Å². The van der Waals surface area contributed by atoms with Crippen molar-refractivity contribution < 1.29 is 24.6 Å². The van der Waals surface area contributed by atoms with E-state index in [9.17, 15) is 14.7 Å². The van der Waals surface area contributed by atoms with Crippen LogP contribution in [-0.2, 0) is 4.79 Å². The van der Waals surface area contributed by atoms with Crippen LogP contribution in [-0.4, -0.2) is 35.5 Å². The van der Waals surface area contributed by atoms with Gasteiger partial charge in [0.05, 0.1) is 13.3 Å². The average molecular weight is 355 g/mol. The van der Waals surface area contributed by atoms with Crippen molar-refractivity contribution in [3.05, 3.63) is 65.2 Å². The number of amides is 2. The van der Waals surface area contributed by atoms with Gasteiger partial charge >= 0.3 is 0 Å². The highest BCUT2D eigenvalue weighted by Crippen LogP contribution is 2.21. The topological polar surface area (TPSA) is 120 Å². The van der Waals surface area contributed by atoms with Gasteiger partial charge in [-0.1, -0.05) is 12.1 Å². The van der Waals surface area contributed by atoms with Gasteiger partial charge in [0.1, 0.15) is 11.5 Å². The molecule has 0 saturated carbocycles.